The number of nitrogens with one attached hydrogen (secondary N) is 1. The summed E-state index contributed by atoms with van der Waals surface area (Å²) >= 11 is 0. The molecule has 1 aliphatic heterocycles. The van der Waals surface area contributed by atoms with Crippen LogP contribution in [-0.2, 0) is 9.59 Å². The first-order valence-electron chi connectivity index (χ1n) is 8.36. The van der Waals surface area contributed by atoms with E-state index in [0.29, 0.717) is 12.3 Å². The lowest BCUT2D eigenvalue weighted by atomic mass is 10.1. The van der Waals surface area contributed by atoms with E-state index in [1.54, 1.807) is 4.90 Å². The molecule has 1 saturated carbocycles. The summed E-state index contributed by atoms with van der Waals surface area (Å²) in [4.78, 5) is 25.9. The van der Waals surface area contributed by atoms with Crippen molar-refractivity contribution in [2.45, 2.75) is 50.5 Å². The zero-order valence-electron chi connectivity index (χ0n) is 13.0. The fourth-order valence-electron chi connectivity index (χ4n) is 3.23. The van der Waals surface area contributed by atoms with Crippen LogP contribution in [0.2, 0.25) is 0 Å². The summed E-state index contributed by atoms with van der Waals surface area (Å²) < 4.78 is 0. The smallest absolute Gasteiger partial charge is 0.239 e. The Morgan fingerprint density at radius 3 is 2.73 bits per heavy atom. The highest BCUT2D eigenvalue weighted by atomic mass is 16.2. The fraction of sp³-hybridized carbons (Fsp3) is 0.556. The zero-order chi connectivity index (χ0) is 15.4. The van der Waals surface area contributed by atoms with Crippen LogP contribution in [0.4, 0.5) is 0 Å². The van der Waals surface area contributed by atoms with Gasteiger partial charge in [-0.2, -0.15) is 0 Å². The third kappa shape index (κ3) is 3.87. The van der Waals surface area contributed by atoms with E-state index in [1.807, 2.05) is 18.2 Å². The first-order valence-corrected chi connectivity index (χ1v) is 8.36. The molecule has 2 atom stereocenters. The highest BCUT2D eigenvalue weighted by Crippen LogP contribution is 2.40. The number of amides is 2. The molecule has 0 bridgehead atoms. The van der Waals surface area contributed by atoms with Crippen LogP contribution in [0.1, 0.15) is 50.0 Å². The van der Waals surface area contributed by atoms with Gasteiger partial charge in [-0.3, -0.25) is 9.59 Å². The maximum atomic E-state index is 12.2. The summed E-state index contributed by atoms with van der Waals surface area (Å²) in [6, 6.07) is 10.5. The molecule has 118 valence electrons. The highest BCUT2D eigenvalue weighted by molar-refractivity contribution is 5.85. The van der Waals surface area contributed by atoms with Crippen molar-refractivity contribution in [2.75, 3.05) is 13.1 Å². The molecule has 2 aliphatic rings. The average molecular weight is 300 g/mol. The minimum atomic E-state index is -0.0163. The molecule has 1 saturated heterocycles. The Hall–Kier alpha value is -1.84. The van der Waals surface area contributed by atoms with Gasteiger partial charge in [0.2, 0.25) is 11.8 Å². The van der Waals surface area contributed by atoms with Crippen molar-refractivity contribution in [3.05, 3.63) is 35.9 Å². The molecule has 2 fully saturated rings. The Labute approximate surface area is 131 Å². The molecule has 1 heterocycles. The van der Waals surface area contributed by atoms with Gasteiger partial charge in [-0.05, 0) is 24.8 Å². The lowest BCUT2D eigenvalue weighted by Crippen LogP contribution is -2.42. The molecule has 1 aliphatic carbocycles. The van der Waals surface area contributed by atoms with E-state index in [9.17, 15) is 9.59 Å². The SMILES string of the molecule is O=C(CN1CCCCCCC1=O)N[C@@H]1C[C@H]1c1ccccc1. The molecule has 1 N–H and O–H groups in total. The molecular formula is C18H24N2O2. The van der Waals surface area contributed by atoms with Crippen molar-refractivity contribution in [1.82, 2.24) is 10.2 Å². The zero-order valence-corrected chi connectivity index (χ0v) is 13.0. The van der Waals surface area contributed by atoms with Crippen molar-refractivity contribution in [3.63, 3.8) is 0 Å². The number of likely N-dealkylation sites (tertiary alicyclic amines) is 1. The van der Waals surface area contributed by atoms with E-state index >= 15 is 0 Å². The highest BCUT2D eigenvalue weighted by Gasteiger charge is 2.39. The third-order valence-corrected chi connectivity index (χ3v) is 4.62. The Balaban J connectivity index is 1.47. The predicted octanol–water partition coefficient (Wildman–Crippen LogP) is 2.45. The minimum Gasteiger partial charge on any atom is -0.351 e. The number of carbonyl (C=O) groups excluding carboxylic acids is 2. The van der Waals surface area contributed by atoms with Crippen molar-refractivity contribution in [1.29, 1.82) is 0 Å². The van der Waals surface area contributed by atoms with E-state index in [0.717, 1.165) is 38.6 Å². The quantitative estimate of drug-likeness (QED) is 0.928. The Bertz CT molecular complexity index is 529. The molecule has 0 unspecified atom stereocenters. The van der Waals surface area contributed by atoms with Gasteiger partial charge in [0.15, 0.2) is 0 Å². The molecule has 2 amide bonds. The number of benzene rings is 1. The molecule has 0 aromatic heterocycles. The molecule has 3 rings (SSSR count). The number of rotatable bonds is 4. The Morgan fingerprint density at radius 1 is 1.14 bits per heavy atom. The Kier molecular flexibility index (Phi) is 4.76. The second-order valence-electron chi connectivity index (χ2n) is 6.41. The van der Waals surface area contributed by atoms with E-state index < -0.39 is 0 Å². The summed E-state index contributed by atoms with van der Waals surface area (Å²) in [5.74, 6) is 0.552. The normalized spacial score (nSPS) is 25.3. The van der Waals surface area contributed by atoms with E-state index in [4.69, 9.17) is 0 Å². The molecule has 1 aromatic rings. The molecule has 22 heavy (non-hydrogen) atoms. The number of nitrogens with zero attached hydrogens (tertiary/aromatic N) is 1. The van der Waals surface area contributed by atoms with Gasteiger partial charge in [-0.15, -0.1) is 0 Å². The van der Waals surface area contributed by atoms with Gasteiger partial charge in [-0.25, -0.2) is 0 Å². The number of carbonyl (C=O) groups is 2. The molecule has 0 spiro atoms. The minimum absolute atomic E-state index is 0.0163. The first-order chi connectivity index (χ1) is 10.7. The topological polar surface area (TPSA) is 49.4 Å². The van der Waals surface area contributed by atoms with Gasteiger partial charge in [0.1, 0.15) is 0 Å². The van der Waals surface area contributed by atoms with Crippen LogP contribution >= 0.6 is 0 Å². The summed E-state index contributed by atoms with van der Waals surface area (Å²) in [5.41, 5.74) is 1.29. The van der Waals surface area contributed by atoms with E-state index in [2.05, 4.69) is 17.4 Å². The second kappa shape index (κ2) is 6.95. The first kappa shape index (κ1) is 15.1. The number of hydrogen-bond acceptors (Lipinski definition) is 2. The van der Waals surface area contributed by atoms with Crippen molar-refractivity contribution in [2.24, 2.45) is 0 Å². The largest absolute Gasteiger partial charge is 0.351 e. The molecule has 1 aromatic carbocycles. The van der Waals surface area contributed by atoms with Crippen LogP contribution in [0.3, 0.4) is 0 Å². The average Bonchev–Trinajstić information content (AvgIpc) is 3.27. The van der Waals surface area contributed by atoms with Crippen molar-refractivity contribution < 1.29 is 9.59 Å². The summed E-state index contributed by atoms with van der Waals surface area (Å²) in [6.07, 6.45) is 5.84. The van der Waals surface area contributed by atoms with Crippen LogP contribution < -0.4 is 5.32 Å². The van der Waals surface area contributed by atoms with Gasteiger partial charge >= 0.3 is 0 Å². The monoisotopic (exact) mass is 300 g/mol. The van der Waals surface area contributed by atoms with Crippen LogP contribution in [0.5, 0.6) is 0 Å². The number of hydrogen-bond donors (Lipinski definition) is 1. The van der Waals surface area contributed by atoms with E-state index in [1.165, 1.54) is 5.56 Å². The van der Waals surface area contributed by atoms with Gasteiger partial charge in [0, 0.05) is 24.9 Å². The fourth-order valence-corrected chi connectivity index (χ4v) is 3.23. The van der Waals surface area contributed by atoms with Crippen molar-refractivity contribution in [3.8, 4) is 0 Å². The summed E-state index contributed by atoms with van der Waals surface area (Å²) in [7, 11) is 0. The van der Waals surface area contributed by atoms with Crippen molar-refractivity contribution >= 4 is 11.8 Å². The molecule has 0 radical (unpaired) electrons. The second-order valence-corrected chi connectivity index (χ2v) is 6.41. The molecule has 4 nitrogen and oxygen atoms in total. The van der Waals surface area contributed by atoms with Crippen LogP contribution in [0, 0.1) is 0 Å². The van der Waals surface area contributed by atoms with Crippen LogP contribution in [-0.4, -0.2) is 35.8 Å². The van der Waals surface area contributed by atoms with Gasteiger partial charge < -0.3 is 10.2 Å². The lowest BCUT2D eigenvalue weighted by molar-refractivity contribution is -0.136. The summed E-state index contributed by atoms with van der Waals surface area (Å²) in [5, 5.41) is 3.07. The van der Waals surface area contributed by atoms with E-state index in [-0.39, 0.29) is 24.4 Å². The standard InChI is InChI=1S/C18H24N2O2/c21-17(13-20-11-7-2-1-6-10-18(20)22)19-16-12-15(16)14-8-4-3-5-9-14/h3-5,8-9,15-16H,1-2,6-7,10-13H2,(H,19,21)/t15-,16+/m0/s1. The predicted molar refractivity (Wildman–Crippen MR) is 85.4 cm³/mol. The van der Waals surface area contributed by atoms with Crippen LogP contribution in [0.25, 0.3) is 0 Å². The lowest BCUT2D eigenvalue weighted by Gasteiger charge is -2.24. The third-order valence-electron chi connectivity index (χ3n) is 4.62. The summed E-state index contributed by atoms with van der Waals surface area (Å²) in [6.45, 7) is 0.940. The Morgan fingerprint density at radius 2 is 1.91 bits per heavy atom. The van der Waals surface area contributed by atoms with Gasteiger partial charge in [0.05, 0.1) is 6.54 Å². The molecule has 4 heteroatoms. The van der Waals surface area contributed by atoms with Crippen LogP contribution in [0.15, 0.2) is 30.3 Å². The van der Waals surface area contributed by atoms with Gasteiger partial charge in [0.25, 0.3) is 0 Å². The maximum absolute atomic E-state index is 12.2. The maximum Gasteiger partial charge on any atom is 0.239 e. The molecular weight excluding hydrogens is 276 g/mol. The van der Waals surface area contributed by atoms with Gasteiger partial charge in [-0.1, -0.05) is 43.2 Å².